The number of ether oxygens (including phenoxy) is 1. The standard InChI is InChI=1S/C24H22N4O3/c1-18-6-2-5-9-24(18)31-15-14-27-17-19(22-7-3-4-8-23(22)27)16-25-26-20-10-12-21(13-11-20)28(29)30/h2-13,16-17,26H,14-15H2,1H3. The average Bonchev–Trinajstić information content (AvgIpc) is 3.13. The van der Waals surface area contributed by atoms with Gasteiger partial charge in [0.05, 0.1) is 23.4 Å². The van der Waals surface area contributed by atoms with Crippen molar-refractivity contribution in [2.24, 2.45) is 5.10 Å². The Hall–Kier alpha value is -4.13. The summed E-state index contributed by atoms with van der Waals surface area (Å²) in [4.78, 5) is 10.3. The number of nitro benzene ring substituents is 1. The fraction of sp³-hybridized carbons (Fsp3) is 0.125. The maximum absolute atomic E-state index is 10.8. The van der Waals surface area contributed by atoms with Crippen LogP contribution in [0.25, 0.3) is 10.9 Å². The van der Waals surface area contributed by atoms with Crippen LogP contribution in [0.15, 0.2) is 84.1 Å². The smallest absolute Gasteiger partial charge is 0.269 e. The number of anilines is 1. The number of benzene rings is 3. The van der Waals surface area contributed by atoms with Crippen LogP contribution in [0.4, 0.5) is 11.4 Å². The molecule has 0 spiro atoms. The number of hydrogen-bond donors (Lipinski definition) is 1. The number of aryl methyl sites for hydroxylation is 1. The highest BCUT2D eigenvalue weighted by atomic mass is 16.6. The number of hydrazone groups is 1. The second kappa shape index (κ2) is 9.13. The van der Waals surface area contributed by atoms with Crippen molar-refractivity contribution in [3.63, 3.8) is 0 Å². The molecule has 0 radical (unpaired) electrons. The Morgan fingerprint density at radius 3 is 2.58 bits per heavy atom. The van der Waals surface area contributed by atoms with Gasteiger partial charge in [0.2, 0.25) is 0 Å². The number of fused-ring (bicyclic) bond motifs is 1. The van der Waals surface area contributed by atoms with Crippen molar-refractivity contribution in [2.75, 3.05) is 12.0 Å². The molecular formula is C24H22N4O3. The maximum Gasteiger partial charge on any atom is 0.269 e. The molecule has 0 bridgehead atoms. The highest BCUT2D eigenvalue weighted by Gasteiger charge is 2.07. The first-order chi connectivity index (χ1) is 15.1. The van der Waals surface area contributed by atoms with Crippen LogP contribution in [-0.2, 0) is 6.54 Å². The Balaban J connectivity index is 1.46. The molecule has 0 unspecified atom stereocenters. The van der Waals surface area contributed by atoms with Crippen LogP contribution in [0, 0.1) is 17.0 Å². The van der Waals surface area contributed by atoms with Crippen LogP contribution in [0.1, 0.15) is 11.1 Å². The molecule has 0 amide bonds. The Labute approximate surface area is 179 Å². The number of aromatic nitrogens is 1. The molecule has 3 aromatic carbocycles. The molecule has 0 saturated carbocycles. The number of nitrogens with zero attached hydrogens (tertiary/aromatic N) is 3. The van der Waals surface area contributed by atoms with Gasteiger partial charge in [0.1, 0.15) is 12.4 Å². The zero-order valence-electron chi connectivity index (χ0n) is 17.1. The van der Waals surface area contributed by atoms with E-state index in [0.29, 0.717) is 18.8 Å². The fourth-order valence-corrected chi connectivity index (χ4v) is 3.37. The molecule has 4 aromatic rings. The summed E-state index contributed by atoms with van der Waals surface area (Å²) in [5.41, 5.74) is 6.83. The van der Waals surface area contributed by atoms with Gasteiger partial charge in [-0.15, -0.1) is 0 Å². The summed E-state index contributed by atoms with van der Waals surface area (Å²) in [7, 11) is 0. The SMILES string of the molecule is Cc1ccccc1OCCn1cc(C=NNc2ccc([N+](=O)[O-])cc2)c2ccccc21. The number of non-ortho nitro benzene ring substituents is 1. The van der Waals surface area contributed by atoms with E-state index in [4.69, 9.17) is 4.74 Å². The van der Waals surface area contributed by atoms with Gasteiger partial charge in [-0.3, -0.25) is 15.5 Å². The Morgan fingerprint density at radius 2 is 1.81 bits per heavy atom. The van der Waals surface area contributed by atoms with E-state index in [1.807, 2.05) is 49.5 Å². The lowest BCUT2D eigenvalue weighted by Gasteiger charge is -2.10. The number of hydrogen-bond acceptors (Lipinski definition) is 5. The van der Waals surface area contributed by atoms with Crippen LogP contribution in [-0.4, -0.2) is 22.3 Å². The molecule has 1 N–H and O–H groups in total. The summed E-state index contributed by atoms with van der Waals surface area (Å²) in [5, 5.41) is 16.1. The Bertz CT molecular complexity index is 1230. The summed E-state index contributed by atoms with van der Waals surface area (Å²) in [6, 6.07) is 22.3. The van der Waals surface area contributed by atoms with Crippen molar-refractivity contribution in [3.8, 4) is 5.75 Å². The lowest BCUT2D eigenvalue weighted by atomic mass is 10.2. The molecule has 0 aliphatic rings. The van der Waals surface area contributed by atoms with E-state index in [0.717, 1.165) is 27.8 Å². The van der Waals surface area contributed by atoms with E-state index in [1.165, 1.54) is 12.1 Å². The first-order valence-electron chi connectivity index (χ1n) is 9.91. The third-order valence-electron chi connectivity index (χ3n) is 4.98. The number of rotatable bonds is 8. The van der Waals surface area contributed by atoms with Crippen LogP contribution in [0.5, 0.6) is 5.75 Å². The van der Waals surface area contributed by atoms with E-state index in [1.54, 1.807) is 18.3 Å². The molecule has 4 rings (SSSR count). The molecule has 156 valence electrons. The van der Waals surface area contributed by atoms with Gasteiger partial charge in [0.25, 0.3) is 5.69 Å². The first kappa shape index (κ1) is 20.2. The van der Waals surface area contributed by atoms with Crippen molar-refractivity contribution in [3.05, 3.63) is 100 Å². The normalized spacial score (nSPS) is 11.1. The van der Waals surface area contributed by atoms with E-state index in [-0.39, 0.29) is 5.69 Å². The fourth-order valence-electron chi connectivity index (χ4n) is 3.37. The van der Waals surface area contributed by atoms with Crippen molar-refractivity contribution < 1.29 is 9.66 Å². The second-order valence-corrected chi connectivity index (χ2v) is 7.08. The summed E-state index contributed by atoms with van der Waals surface area (Å²) in [6.07, 6.45) is 3.80. The first-order valence-corrected chi connectivity index (χ1v) is 9.91. The van der Waals surface area contributed by atoms with Crippen molar-refractivity contribution >= 4 is 28.5 Å². The third kappa shape index (κ3) is 4.72. The lowest BCUT2D eigenvalue weighted by Crippen LogP contribution is -2.07. The molecule has 0 aliphatic heterocycles. The largest absolute Gasteiger partial charge is 0.491 e. The summed E-state index contributed by atoms with van der Waals surface area (Å²) < 4.78 is 8.10. The Morgan fingerprint density at radius 1 is 1.06 bits per heavy atom. The van der Waals surface area contributed by atoms with Crippen LogP contribution >= 0.6 is 0 Å². The van der Waals surface area contributed by atoms with Gasteiger partial charge < -0.3 is 9.30 Å². The quantitative estimate of drug-likeness (QED) is 0.238. The molecule has 1 heterocycles. The monoisotopic (exact) mass is 414 g/mol. The minimum Gasteiger partial charge on any atom is -0.491 e. The van der Waals surface area contributed by atoms with Gasteiger partial charge in [-0.25, -0.2) is 0 Å². The van der Waals surface area contributed by atoms with Crippen molar-refractivity contribution in [1.29, 1.82) is 0 Å². The van der Waals surface area contributed by atoms with Crippen LogP contribution < -0.4 is 10.2 Å². The van der Waals surface area contributed by atoms with E-state index in [9.17, 15) is 10.1 Å². The third-order valence-corrected chi connectivity index (χ3v) is 4.98. The highest BCUT2D eigenvalue weighted by molar-refractivity contribution is 5.99. The zero-order valence-corrected chi connectivity index (χ0v) is 17.1. The number of para-hydroxylation sites is 2. The highest BCUT2D eigenvalue weighted by Crippen LogP contribution is 2.21. The Kier molecular flexibility index (Phi) is 5.93. The summed E-state index contributed by atoms with van der Waals surface area (Å²) >= 11 is 0. The maximum atomic E-state index is 10.8. The van der Waals surface area contributed by atoms with Gasteiger partial charge in [0.15, 0.2) is 0 Å². The van der Waals surface area contributed by atoms with Gasteiger partial charge in [0, 0.05) is 34.8 Å². The van der Waals surface area contributed by atoms with Crippen molar-refractivity contribution in [2.45, 2.75) is 13.5 Å². The van der Waals surface area contributed by atoms with Gasteiger partial charge in [-0.05, 0) is 36.8 Å². The van der Waals surface area contributed by atoms with E-state index < -0.39 is 4.92 Å². The molecular weight excluding hydrogens is 392 g/mol. The second-order valence-electron chi connectivity index (χ2n) is 7.08. The molecule has 7 nitrogen and oxygen atoms in total. The molecule has 0 fully saturated rings. The van der Waals surface area contributed by atoms with Crippen LogP contribution in [0.2, 0.25) is 0 Å². The van der Waals surface area contributed by atoms with E-state index in [2.05, 4.69) is 27.2 Å². The molecule has 0 atom stereocenters. The summed E-state index contributed by atoms with van der Waals surface area (Å²) in [5.74, 6) is 0.896. The molecule has 1 aromatic heterocycles. The predicted molar refractivity (Wildman–Crippen MR) is 123 cm³/mol. The minimum atomic E-state index is -0.426. The number of nitro groups is 1. The van der Waals surface area contributed by atoms with Crippen LogP contribution in [0.3, 0.4) is 0 Å². The topological polar surface area (TPSA) is 81.7 Å². The number of nitrogens with one attached hydrogen (secondary N) is 1. The summed E-state index contributed by atoms with van der Waals surface area (Å²) in [6.45, 7) is 3.30. The van der Waals surface area contributed by atoms with Gasteiger partial charge >= 0.3 is 0 Å². The molecule has 0 saturated heterocycles. The molecule has 31 heavy (non-hydrogen) atoms. The van der Waals surface area contributed by atoms with Crippen molar-refractivity contribution in [1.82, 2.24) is 4.57 Å². The van der Waals surface area contributed by atoms with E-state index >= 15 is 0 Å². The predicted octanol–water partition coefficient (Wildman–Crippen LogP) is 5.38. The minimum absolute atomic E-state index is 0.0468. The zero-order chi connectivity index (χ0) is 21.6. The molecule has 7 heteroatoms. The van der Waals surface area contributed by atoms with Gasteiger partial charge in [-0.2, -0.15) is 5.10 Å². The lowest BCUT2D eigenvalue weighted by molar-refractivity contribution is -0.384. The average molecular weight is 414 g/mol. The van der Waals surface area contributed by atoms with Gasteiger partial charge in [-0.1, -0.05) is 36.4 Å². The molecule has 0 aliphatic carbocycles.